The van der Waals surface area contributed by atoms with Crippen molar-refractivity contribution in [3.63, 3.8) is 0 Å². The highest BCUT2D eigenvalue weighted by Gasteiger charge is 2.32. The molecule has 1 atom stereocenters. The minimum atomic E-state index is -4.84. The van der Waals surface area contributed by atoms with E-state index >= 15 is 0 Å². The largest absolute Gasteiger partial charge is 0.573 e. The van der Waals surface area contributed by atoms with Gasteiger partial charge in [0.25, 0.3) is 0 Å². The lowest BCUT2D eigenvalue weighted by Gasteiger charge is -2.18. The van der Waals surface area contributed by atoms with E-state index in [1.165, 1.54) is 19.2 Å². The summed E-state index contributed by atoms with van der Waals surface area (Å²) in [5.74, 6) is -1.13. The normalized spacial score (nSPS) is 12.4. The number of hydrogen-bond donors (Lipinski definition) is 0. The Bertz CT molecular complexity index is 704. The Morgan fingerprint density at radius 3 is 2.38 bits per heavy atom. The standard InChI is InChI=1S/C16H12BrF3O4/c1-22-15(21)14(10-5-3-2-4-6-10)23-11-7-8-12(17)13(9-11)24-16(18,19)20/h2-9,14H,1H3. The molecule has 2 aromatic rings. The highest BCUT2D eigenvalue weighted by molar-refractivity contribution is 9.10. The van der Waals surface area contributed by atoms with E-state index in [9.17, 15) is 18.0 Å². The van der Waals surface area contributed by atoms with E-state index in [-0.39, 0.29) is 10.2 Å². The summed E-state index contributed by atoms with van der Waals surface area (Å²) in [5.41, 5.74) is 0.505. The van der Waals surface area contributed by atoms with Crippen LogP contribution in [0.15, 0.2) is 53.0 Å². The molecule has 2 aromatic carbocycles. The second-order valence-electron chi connectivity index (χ2n) is 4.57. The number of carbonyl (C=O) groups excluding carboxylic acids is 1. The first-order chi connectivity index (χ1) is 11.3. The zero-order valence-corrected chi connectivity index (χ0v) is 13.9. The van der Waals surface area contributed by atoms with Gasteiger partial charge in [0, 0.05) is 11.6 Å². The zero-order valence-electron chi connectivity index (χ0n) is 12.3. The number of halogens is 4. The molecule has 8 heteroatoms. The molecule has 4 nitrogen and oxygen atoms in total. The van der Waals surface area contributed by atoms with Crippen LogP contribution < -0.4 is 9.47 Å². The van der Waals surface area contributed by atoms with Crippen LogP contribution in [0.1, 0.15) is 11.7 Å². The molecule has 0 spiro atoms. The van der Waals surface area contributed by atoms with Crippen LogP contribution in [0.2, 0.25) is 0 Å². The second kappa shape index (κ2) is 7.57. The topological polar surface area (TPSA) is 44.8 Å². The lowest BCUT2D eigenvalue weighted by atomic mass is 10.1. The Hall–Kier alpha value is -2.22. The molecule has 0 bridgehead atoms. The predicted molar refractivity (Wildman–Crippen MR) is 82.7 cm³/mol. The number of methoxy groups -OCH3 is 1. The number of esters is 1. The first-order valence-corrected chi connectivity index (χ1v) is 7.44. The molecule has 0 saturated heterocycles. The van der Waals surface area contributed by atoms with Crippen molar-refractivity contribution in [3.05, 3.63) is 58.6 Å². The van der Waals surface area contributed by atoms with E-state index in [0.29, 0.717) is 5.56 Å². The minimum Gasteiger partial charge on any atom is -0.474 e. The highest BCUT2D eigenvalue weighted by Crippen LogP contribution is 2.35. The molecule has 0 amide bonds. The van der Waals surface area contributed by atoms with Crippen molar-refractivity contribution in [1.29, 1.82) is 0 Å². The molecular weight excluding hydrogens is 393 g/mol. The molecule has 0 aromatic heterocycles. The fraction of sp³-hybridized carbons (Fsp3) is 0.188. The third-order valence-corrected chi connectivity index (χ3v) is 3.55. The van der Waals surface area contributed by atoms with Crippen molar-refractivity contribution < 1.29 is 32.2 Å². The van der Waals surface area contributed by atoms with E-state index in [1.54, 1.807) is 30.3 Å². The fourth-order valence-electron chi connectivity index (χ4n) is 1.88. The van der Waals surface area contributed by atoms with Crippen molar-refractivity contribution in [3.8, 4) is 11.5 Å². The quantitative estimate of drug-likeness (QED) is 0.680. The average molecular weight is 405 g/mol. The Kier molecular flexibility index (Phi) is 5.71. The van der Waals surface area contributed by atoms with Gasteiger partial charge in [-0.15, -0.1) is 13.2 Å². The van der Waals surface area contributed by atoms with Crippen LogP contribution in [-0.4, -0.2) is 19.4 Å². The summed E-state index contributed by atoms with van der Waals surface area (Å²) < 4.78 is 51.4. The maximum absolute atomic E-state index is 12.4. The number of ether oxygens (including phenoxy) is 3. The minimum absolute atomic E-state index is 0.0247. The van der Waals surface area contributed by atoms with Gasteiger partial charge < -0.3 is 14.2 Å². The molecule has 1 unspecified atom stereocenters. The SMILES string of the molecule is COC(=O)C(Oc1ccc(Br)c(OC(F)(F)F)c1)c1ccccc1. The lowest BCUT2D eigenvalue weighted by Crippen LogP contribution is -2.20. The Balaban J connectivity index is 2.30. The molecule has 128 valence electrons. The molecule has 0 heterocycles. The number of alkyl halides is 3. The molecule has 2 rings (SSSR count). The smallest absolute Gasteiger partial charge is 0.474 e. The van der Waals surface area contributed by atoms with Gasteiger partial charge in [0.15, 0.2) is 0 Å². The Labute approximate surface area is 144 Å². The summed E-state index contributed by atoms with van der Waals surface area (Å²) in [6.45, 7) is 0. The van der Waals surface area contributed by atoms with Crippen LogP contribution in [0.5, 0.6) is 11.5 Å². The molecule has 0 aliphatic heterocycles. The summed E-state index contributed by atoms with van der Waals surface area (Å²) in [6, 6.07) is 12.2. The van der Waals surface area contributed by atoms with Crippen LogP contribution in [-0.2, 0) is 9.53 Å². The third kappa shape index (κ3) is 4.89. The van der Waals surface area contributed by atoms with Gasteiger partial charge >= 0.3 is 12.3 Å². The maximum Gasteiger partial charge on any atom is 0.573 e. The van der Waals surface area contributed by atoms with Gasteiger partial charge in [-0.3, -0.25) is 0 Å². The Morgan fingerprint density at radius 2 is 1.79 bits per heavy atom. The van der Waals surface area contributed by atoms with Crippen LogP contribution in [0, 0.1) is 0 Å². The van der Waals surface area contributed by atoms with E-state index in [2.05, 4.69) is 25.4 Å². The van der Waals surface area contributed by atoms with Gasteiger partial charge in [-0.25, -0.2) is 4.79 Å². The van der Waals surface area contributed by atoms with E-state index in [4.69, 9.17) is 4.74 Å². The third-order valence-electron chi connectivity index (χ3n) is 2.90. The van der Waals surface area contributed by atoms with Crippen molar-refractivity contribution >= 4 is 21.9 Å². The molecule has 0 N–H and O–H groups in total. The van der Waals surface area contributed by atoms with Crippen LogP contribution in [0.4, 0.5) is 13.2 Å². The van der Waals surface area contributed by atoms with Gasteiger partial charge in [0.1, 0.15) is 11.5 Å². The van der Waals surface area contributed by atoms with Gasteiger partial charge in [-0.1, -0.05) is 30.3 Å². The molecule has 0 fully saturated rings. The highest BCUT2D eigenvalue weighted by atomic mass is 79.9. The molecule has 0 saturated carbocycles. The summed E-state index contributed by atoms with van der Waals surface area (Å²) in [5, 5.41) is 0. The predicted octanol–water partition coefficient (Wildman–Crippen LogP) is 4.64. The summed E-state index contributed by atoms with van der Waals surface area (Å²) in [4.78, 5) is 11.9. The first kappa shape index (κ1) is 18.1. The van der Waals surface area contributed by atoms with Gasteiger partial charge in [-0.2, -0.15) is 0 Å². The number of hydrogen-bond acceptors (Lipinski definition) is 4. The van der Waals surface area contributed by atoms with Crippen molar-refractivity contribution in [1.82, 2.24) is 0 Å². The average Bonchev–Trinajstić information content (AvgIpc) is 2.54. The summed E-state index contributed by atoms with van der Waals surface area (Å²) in [7, 11) is 1.20. The van der Waals surface area contributed by atoms with Gasteiger partial charge in [0.05, 0.1) is 11.6 Å². The molecular formula is C16H12BrF3O4. The van der Waals surface area contributed by atoms with E-state index < -0.39 is 24.2 Å². The van der Waals surface area contributed by atoms with Gasteiger partial charge in [-0.05, 0) is 28.1 Å². The fourth-order valence-corrected chi connectivity index (χ4v) is 2.21. The first-order valence-electron chi connectivity index (χ1n) is 6.65. The van der Waals surface area contributed by atoms with Gasteiger partial charge in [0.2, 0.25) is 6.10 Å². The number of benzene rings is 2. The Morgan fingerprint density at radius 1 is 1.12 bits per heavy atom. The summed E-state index contributed by atoms with van der Waals surface area (Å²) in [6.07, 6.45) is -5.96. The summed E-state index contributed by atoms with van der Waals surface area (Å²) >= 11 is 2.96. The van der Waals surface area contributed by atoms with Crippen LogP contribution in [0.3, 0.4) is 0 Å². The molecule has 0 aliphatic carbocycles. The molecule has 24 heavy (non-hydrogen) atoms. The lowest BCUT2D eigenvalue weighted by molar-refractivity contribution is -0.274. The zero-order chi connectivity index (χ0) is 17.7. The molecule has 0 radical (unpaired) electrons. The number of rotatable bonds is 5. The van der Waals surface area contributed by atoms with Crippen molar-refractivity contribution in [2.45, 2.75) is 12.5 Å². The second-order valence-corrected chi connectivity index (χ2v) is 5.43. The van der Waals surface area contributed by atoms with Crippen molar-refractivity contribution in [2.24, 2.45) is 0 Å². The van der Waals surface area contributed by atoms with E-state index in [1.807, 2.05) is 0 Å². The van der Waals surface area contributed by atoms with Crippen LogP contribution in [0.25, 0.3) is 0 Å². The monoisotopic (exact) mass is 404 g/mol. The maximum atomic E-state index is 12.4. The van der Waals surface area contributed by atoms with Crippen molar-refractivity contribution in [2.75, 3.05) is 7.11 Å². The molecule has 0 aliphatic rings. The number of carbonyl (C=O) groups is 1. The van der Waals surface area contributed by atoms with E-state index in [0.717, 1.165) is 6.07 Å². The van der Waals surface area contributed by atoms with Crippen LogP contribution >= 0.6 is 15.9 Å².